The van der Waals surface area contributed by atoms with Gasteiger partial charge in [0, 0.05) is 18.6 Å². The summed E-state index contributed by atoms with van der Waals surface area (Å²) in [7, 11) is 0. The fourth-order valence-corrected chi connectivity index (χ4v) is 2.04. The van der Waals surface area contributed by atoms with Gasteiger partial charge >= 0.3 is 0 Å². The largest absolute Gasteiger partial charge is 0.378 e. The zero-order valence-electron chi connectivity index (χ0n) is 6.97. The first-order valence-electron chi connectivity index (χ1n) is 4.46. The molecule has 0 saturated carbocycles. The molecule has 0 aromatic carbocycles. The molecular formula is C9H16N2. The summed E-state index contributed by atoms with van der Waals surface area (Å²) < 4.78 is 0. The first kappa shape index (κ1) is 7.17. The second-order valence-electron chi connectivity index (χ2n) is 3.68. The van der Waals surface area contributed by atoms with Crippen molar-refractivity contribution in [2.24, 2.45) is 0 Å². The Morgan fingerprint density at radius 3 is 2.27 bits per heavy atom. The Labute approximate surface area is 68.3 Å². The molecule has 0 aromatic rings. The fourth-order valence-electron chi connectivity index (χ4n) is 2.04. The Hall–Kier alpha value is -0.500. The van der Waals surface area contributed by atoms with Gasteiger partial charge in [0.25, 0.3) is 0 Å². The monoisotopic (exact) mass is 152 g/mol. The lowest BCUT2D eigenvalue weighted by atomic mass is 9.79. The zero-order chi connectivity index (χ0) is 7.73. The van der Waals surface area contributed by atoms with Gasteiger partial charge in [0.15, 0.2) is 0 Å². The van der Waals surface area contributed by atoms with Gasteiger partial charge in [-0.3, -0.25) is 0 Å². The van der Waals surface area contributed by atoms with Gasteiger partial charge in [-0.15, -0.1) is 0 Å². The molecule has 2 rings (SSSR count). The van der Waals surface area contributed by atoms with Crippen molar-refractivity contribution in [3.05, 3.63) is 12.8 Å². The molecular weight excluding hydrogens is 136 g/mol. The van der Waals surface area contributed by atoms with Crippen LogP contribution in [0.4, 0.5) is 0 Å². The number of nitrogens with one attached hydrogen (secondary N) is 1. The van der Waals surface area contributed by atoms with Crippen molar-refractivity contribution in [2.45, 2.75) is 24.8 Å². The smallest absolute Gasteiger partial charge is 0.0227 e. The van der Waals surface area contributed by atoms with Crippen LogP contribution in [0.2, 0.25) is 0 Å². The summed E-state index contributed by atoms with van der Waals surface area (Å²) in [5, 5.41) is 3.54. The highest BCUT2D eigenvalue weighted by atomic mass is 15.2. The van der Waals surface area contributed by atoms with E-state index in [9.17, 15) is 0 Å². The molecule has 0 atom stereocenters. The van der Waals surface area contributed by atoms with Gasteiger partial charge in [0.1, 0.15) is 0 Å². The SMILES string of the molecule is C=CN1CCC2(CCN2)CC1. The van der Waals surface area contributed by atoms with Crippen molar-refractivity contribution in [1.82, 2.24) is 10.2 Å². The topological polar surface area (TPSA) is 15.3 Å². The van der Waals surface area contributed by atoms with Gasteiger partial charge in [0.05, 0.1) is 0 Å². The van der Waals surface area contributed by atoms with E-state index in [4.69, 9.17) is 0 Å². The van der Waals surface area contributed by atoms with Gasteiger partial charge in [0.2, 0.25) is 0 Å². The summed E-state index contributed by atoms with van der Waals surface area (Å²) in [5.74, 6) is 0. The molecule has 0 bridgehead atoms. The van der Waals surface area contributed by atoms with Crippen LogP contribution in [0, 0.1) is 0 Å². The summed E-state index contributed by atoms with van der Waals surface area (Å²) in [4.78, 5) is 2.31. The molecule has 0 radical (unpaired) electrons. The Balaban J connectivity index is 1.88. The van der Waals surface area contributed by atoms with Crippen LogP contribution < -0.4 is 5.32 Å². The van der Waals surface area contributed by atoms with E-state index < -0.39 is 0 Å². The molecule has 0 aromatic heterocycles. The van der Waals surface area contributed by atoms with Gasteiger partial charge < -0.3 is 10.2 Å². The summed E-state index contributed by atoms with van der Waals surface area (Å²) in [6.45, 7) is 7.39. The molecule has 0 amide bonds. The van der Waals surface area contributed by atoms with Gasteiger partial charge in [-0.1, -0.05) is 6.58 Å². The van der Waals surface area contributed by atoms with Crippen LogP contribution in [0.5, 0.6) is 0 Å². The first-order valence-corrected chi connectivity index (χ1v) is 4.46. The highest BCUT2D eigenvalue weighted by Gasteiger charge is 2.38. The van der Waals surface area contributed by atoms with E-state index >= 15 is 0 Å². The number of piperidine rings is 1. The maximum absolute atomic E-state index is 3.78. The van der Waals surface area contributed by atoms with Gasteiger partial charge in [-0.05, 0) is 32.0 Å². The molecule has 0 unspecified atom stereocenters. The second-order valence-corrected chi connectivity index (χ2v) is 3.68. The van der Waals surface area contributed by atoms with Crippen molar-refractivity contribution in [3.63, 3.8) is 0 Å². The Bertz CT molecular complexity index is 151. The Morgan fingerprint density at radius 1 is 1.27 bits per heavy atom. The molecule has 2 nitrogen and oxygen atoms in total. The molecule has 0 aliphatic carbocycles. The van der Waals surface area contributed by atoms with Crippen LogP contribution in [-0.2, 0) is 0 Å². The summed E-state index contributed by atoms with van der Waals surface area (Å²) in [5.41, 5.74) is 0.541. The van der Waals surface area contributed by atoms with Crippen LogP contribution in [0.25, 0.3) is 0 Å². The predicted octanol–water partition coefficient (Wildman–Crippen LogP) is 0.958. The fraction of sp³-hybridized carbons (Fsp3) is 0.778. The van der Waals surface area contributed by atoms with E-state index in [0.29, 0.717) is 5.54 Å². The molecule has 2 heterocycles. The molecule has 11 heavy (non-hydrogen) atoms. The highest BCUT2D eigenvalue weighted by molar-refractivity contribution is 5.00. The van der Waals surface area contributed by atoms with Gasteiger partial charge in [-0.25, -0.2) is 0 Å². The van der Waals surface area contributed by atoms with Crippen LogP contribution >= 0.6 is 0 Å². The van der Waals surface area contributed by atoms with Crippen molar-refractivity contribution in [1.29, 1.82) is 0 Å². The van der Waals surface area contributed by atoms with E-state index in [1.807, 2.05) is 6.20 Å². The van der Waals surface area contributed by atoms with Gasteiger partial charge in [-0.2, -0.15) is 0 Å². The van der Waals surface area contributed by atoms with E-state index in [1.165, 1.54) is 38.9 Å². The molecule has 2 heteroatoms. The van der Waals surface area contributed by atoms with Crippen LogP contribution in [0.15, 0.2) is 12.8 Å². The second kappa shape index (κ2) is 2.52. The minimum absolute atomic E-state index is 0.541. The molecule has 2 aliphatic rings. The third-order valence-corrected chi connectivity index (χ3v) is 3.12. The predicted molar refractivity (Wildman–Crippen MR) is 46.4 cm³/mol. The Morgan fingerprint density at radius 2 is 1.91 bits per heavy atom. The third-order valence-electron chi connectivity index (χ3n) is 3.12. The van der Waals surface area contributed by atoms with Crippen LogP contribution in [0.3, 0.4) is 0 Å². The van der Waals surface area contributed by atoms with Crippen molar-refractivity contribution < 1.29 is 0 Å². The van der Waals surface area contributed by atoms with Crippen LogP contribution in [-0.4, -0.2) is 30.1 Å². The number of nitrogens with zero attached hydrogens (tertiary/aromatic N) is 1. The Kier molecular flexibility index (Phi) is 1.64. The first-order chi connectivity index (χ1) is 5.35. The lowest BCUT2D eigenvalue weighted by Gasteiger charge is -2.48. The molecule has 1 spiro atoms. The minimum Gasteiger partial charge on any atom is -0.378 e. The average Bonchev–Trinajstić information content (AvgIpc) is 2.02. The van der Waals surface area contributed by atoms with E-state index in [2.05, 4.69) is 16.8 Å². The number of rotatable bonds is 1. The van der Waals surface area contributed by atoms with E-state index in [-0.39, 0.29) is 0 Å². The number of hydrogen-bond donors (Lipinski definition) is 1. The molecule has 62 valence electrons. The normalized spacial score (nSPS) is 28.2. The molecule has 1 N–H and O–H groups in total. The minimum atomic E-state index is 0.541. The number of hydrogen-bond acceptors (Lipinski definition) is 2. The van der Waals surface area contributed by atoms with E-state index in [1.54, 1.807) is 0 Å². The van der Waals surface area contributed by atoms with Crippen molar-refractivity contribution in [2.75, 3.05) is 19.6 Å². The summed E-state index contributed by atoms with van der Waals surface area (Å²) in [6.07, 6.45) is 5.96. The summed E-state index contributed by atoms with van der Waals surface area (Å²) in [6, 6.07) is 0. The van der Waals surface area contributed by atoms with Crippen molar-refractivity contribution >= 4 is 0 Å². The standard InChI is InChI=1S/C9H16N2/c1-2-11-7-4-9(5-8-11)3-6-10-9/h2,10H,1,3-8H2. The maximum Gasteiger partial charge on any atom is 0.0227 e. The third kappa shape index (κ3) is 1.16. The molecule has 2 aliphatic heterocycles. The maximum atomic E-state index is 3.78. The average molecular weight is 152 g/mol. The quantitative estimate of drug-likeness (QED) is 0.602. The lowest BCUT2D eigenvalue weighted by Crippen LogP contribution is -2.61. The molecule has 2 fully saturated rings. The highest BCUT2D eigenvalue weighted by Crippen LogP contribution is 2.30. The number of likely N-dealkylation sites (tertiary alicyclic amines) is 1. The van der Waals surface area contributed by atoms with Crippen LogP contribution in [0.1, 0.15) is 19.3 Å². The zero-order valence-corrected chi connectivity index (χ0v) is 6.97. The van der Waals surface area contributed by atoms with Crippen molar-refractivity contribution in [3.8, 4) is 0 Å². The summed E-state index contributed by atoms with van der Waals surface area (Å²) >= 11 is 0. The van der Waals surface area contributed by atoms with E-state index in [0.717, 1.165) is 0 Å². The molecule has 2 saturated heterocycles. The lowest BCUT2D eigenvalue weighted by molar-refractivity contribution is 0.108.